The number of nitriles is 1. The minimum absolute atomic E-state index is 0.0949. The summed E-state index contributed by atoms with van der Waals surface area (Å²) in [4.78, 5) is 61.7. The summed E-state index contributed by atoms with van der Waals surface area (Å²) in [5.41, 5.74) is 16.1. The summed E-state index contributed by atoms with van der Waals surface area (Å²) < 4.78 is 18.5. The standard InChI is InChI=1S/C26H24N6O3.C23H23N5O2.C3H3NO2/c27-14-12-23(33)30-16-4-5-19(17-30)31-22-13-15-29-25(28)24(22)32(26(31)34)18-8-10-21(11-9-18)35-20-6-2-1-3-7-20;24-22-21-20(12-14-26-22)27(17-5-4-13-25-15-17)23(29)28(21)16-8-10-19(11-9-16)30-18-6-2-1-3-7-18;1-4-2-3(5)6/h1-3,6-11,13,15,19H,4-5,12,16-17H2,(H2,28,29);1-3,6-12,14,17,25H,4-5,13,15H2,(H2,24,26);2H2,(H,5,6)/t19-;17-;/m11./s1. The van der Waals surface area contributed by atoms with Gasteiger partial charge in [0.05, 0.1) is 40.6 Å². The molecule has 19 nitrogen and oxygen atoms in total. The molecule has 2 aliphatic heterocycles. The van der Waals surface area contributed by atoms with Crippen molar-refractivity contribution < 1.29 is 24.2 Å². The monoisotopic (exact) mass is 954 g/mol. The Morgan fingerprint density at radius 3 is 1.63 bits per heavy atom. The largest absolute Gasteiger partial charge is 0.476 e. The topological polar surface area (TPSA) is 248 Å². The number of aliphatic carboxylic acids is 1. The van der Waals surface area contributed by atoms with Crippen LogP contribution in [0.25, 0.3) is 38.3 Å². The fraction of sp³-hybridized carbons (Fsp3) is 0.231. The van der Waals surface area contributed by atoms with Crippen molar-refractivity contribution >= 4 is 45.6 Å². The van der Waals surface area contributed by atoms with Gasteiger partial charge < -0.3 is 41.1 Å². The van der Waals surface area contributed by atoms with Crippen molar-refractivity contribution in [2.75, 3.05) is 44.2 Å². The van der Waals surface area contributed by atoms with Crippen molar-refractivity contribution in [2.45, 2.75) is 44.2 Å². The number of piperidine rings is 2. The number of anilines is 2. The summed E-state index contributed by atoms with van der Waals surface area (Å²) in [5, 5.41) is 20.0. The number of carboxylic acids is 1. The van der Waals surface area contributed by atoms with E-state index in [0.29, 0.717) is 52.6 Å². The van der Waals surface area contributed by atoms with Crippen LogP contribution >= 0.6 is 0 Å². The third kappa shape index (κ3) is 10.9. The first-order chi connectivity index (χ1) is 34.6. The van der Waals surface area contributed by atoms with Crippen LogP contribution in [0.2, 0.25) is 0 Å². The molecule has 1 amide bonds. The molecule has 0 aliphatic carbocycles. The van der Waals surface area contributed by atoms with Crippen molar-refractivity contribution in [3.8, 4) is 40.4 Å². The van der Waals surface area contributed by atoms with Gasteiger partial charge in [0.1, 0.15) is 52.1 Å². The lowest BCUT2D eigenvalue weighted by Gasteiger charge is -2.33. The zero-order valence-corrected chi connectivity index (χ0v) is 38.5. The van der Waals surface area contributed by atoms with Gasteiger partial charge in [0.2, 0.25) is 5.91 Å². The minimum Gasteiger partial charge on any atom is -0.476 e. The van der Waals surface area contributed by atoms with Crippen LogP contribution < -0.4 is 37.6 Å². The number of imidazole rings is 2. The second kappa shape index (κ2) is 22.3. The number of nitrogens with two attached hydrogens (primary N) is 2. The molecular formula is C52H50N12O7. The predicted molar refractivity (Wildman–Crippen MR) is 268 cm³/mol. The molecule has 0 spiro atoms. The second-order valence-electron chi connectivity index (χ2n) is 16.6. The maximum Gasteiger partial charge on any atom is 0.384 e. The molecule has 0 saturated carbocycles. The first kappa shape index (κ1) is 48.3. The summed E-state index contributed by atoms with van der Waals surface area (Å²) in [5.74, 6) is 2.13. The van der Waals surface area contributed by atoms with Crippen LogP contribution in [-0.4, -0.2) is 82.8 Å². The number of aromatic nitrogens is 6. The summed E-state index contributed by atoms with van der Waals surface area (Å²) in [6.07, 6.45) is 6.54. The summed E-state index contributed by atoms with van der Waals surface area (Å²) in [6.45, 7) is 8.26. The first-order valence-corrected chi connectivity index (χ1v) is 22.9. The molecular weight excluding hydrogens is 905 g/mol. The Kier molecular flexibility index (Phi) is 15.1. The van der Waals surface area contributed by atoms with Gasteiger partial charge in [-0.25, -0.2) is 30.9 Å². The maximum atomic E-state index is 13.8. The SMILES string of the molecule is N#CCC(=O)N1CCC[C@@H](n2c(=O)n(-c3ccc(Oc4ccccc4)cc3)c3c(N)nccc32)C1.Nc1nccc2c1n(-c1ccc(Oc3ccccc3)cc1)c(=O)n2[C@@H]1CCCNC1.[C-]#[N+]CC(=O)O. The van der Waals surface area contributed by atoms with Crippen LogP contribution in [-0.2, 0) is 9.59 Å². The Labute approximate surface area is 407 Å². The molecule has 2 fully saturated rings. The van der Waals surface area contributed by atoms with E-state index < -0.39 is 12.5 Å². The zero-order valence-electron chi connectivity index (χ0n) is 38.5. The average molecular weight is 955 g/mol. The van der Waals surface area contributed by atoms with E-state index >= 15 is 0 Å². The minimum atomic E-state index is -1.06. The van der Waals surface area contributed by atoms with Crippen LogP contribution in [0.1, 0.15) is 44.2 Å². The molecule has 19 heteroatoms. The highest BCUT2D eigenvalue weighted by Crippen LogP contribution is 2.31. The van der Waals surface area contributed by atoms with Crippen molar-refractivity contribution in [1.29, 1.82) is 5.26 Å². The Morgan fingerprint density at radius 2 is 1.20 bits per heavy atom. The molecule has 4 aromatic carbocycles. The third-order valence-corrected chi connectivity index (χ3v) is 12.0. The van der Waals surface area contributed by atoms with Crippen LogP contribution in [0.15, 0.2) is 143 Å². The Bertz CT molecular complexity index is 3350. The average Bonchev–Trinajstić information content (AvgIpc) is 3.87. The quantitative estimate of drug-likeness (QED) is 0.0999. The molecule has 0 bridgehead atoms. The number of carbonyl (C=O) groups excluding carboxylic acids is 1. The molecule has 6 N–H and O–H groups in total. The number of amides is 1. The highest BCUT2D eigenvalue weighted by Gasteiger charge is 2.30. The van der Waals surface area contributed by atoms with Gasteiger partial charge in [-0.1, -0.05) is 36.4 Å². The van der Waals surface area contributed by atoms with Gasteiger partial charge in [-0.15, -0.1) is 0 Å². The Balaban J connectivity index is 0.000000172. The molecule has 71 heavy (non-hydrogen) atoms. The molecule has 0 radical (unpaired) electrons. The van der Waals surface area contributed by atoms with Gasteiger partial charge in [0.15, 0.2) is 0 Å². The number of nitrogens with one attached hydrogen (secondary N) is 1. The van der Waals surface area contributed by atoms with E-state index in [1.165, 1.54) is 0 Å². The summed E-state index contributed by atoms with van der Waals surface area (Å²) >= 11 is 0. The van der Waals surface area contributed by atoms with E-state index in [4.69, 9.17) is 37.9 Å². The molecule has 2 saturated heterocycles. The number of pyridine rings is 2. The van der Waals surface area contributed by atoms with Gasteiger partial charge in [0, 0.05) is 32.0 Å². The van der Waals surface area contributed by atoms with Gasteiger partial charge in [-0.2, -0.15) is 5.26 Å². The number of likely N-dealkylation sites (tertiary alicyclic amines) is 1. The lowest BCUT2D eigenvalue weighted by molar-refractivity contribution is -0.134. The smallest absolute Gasteiger partial charge is 0.384 e. The second-order valence-corrected chi connectivity index (χ2v) is 16.6. The maximum absolute atomic E-state index is 13.8. The number of benzene rings is 4. The van der Waals surface area contributed by atoms with Crippen molar-refractivity contribution in [3.05, 3.63) is 166 Å². The van der Waals surface area contributed by atoms with Crippen molar-refractivity contribution in [3.63, 3.8) is 0 Å². The fourth-order valence-corrected chi connectivity index (χ4v) is 8.83. The van der Waals surface area contributed by atoms with Crippen LogP contribution in [0.5, 0.6) is 23.0 Å². The Morgan fingerprint density at radius 1 is 0.718 bits per heavy atom. The molecule has 4 aromatic heterocycles. The first-order valence-electron chi connectivity index (χ1n) is 22.9. The van der Waals surface area contributed by atoms with Crippen LogP contribution in [0.4, 0.5) is 11.6 Å². The number of rotatable bonds is 10. The fourth-order valence-electron chi connectivity index (χ4n) is 8.83. The number of carboxylic acid groups (broad SMARTS) is 1. The molecule has 360 valence electrons. The van der Waals surface area contributed by atoms with E-state index in [0.717, 1.165) is 61.5 Å². The molecule has 2 atom stereocenters. The van der Waals surface area contributed by atoms with Crippen LogP contribution in [0.3, 0.4) is 0 Å². The molecule has 10 rings (SSSR count). The normalized spacial score (nSPS) is 15.3. The summed E-state index contributed by atoms with van der Waals surface area (Å²) in [7, 11) is 0. The van der Waals surface area contributed by atoms with Crippen molar-refractivity contribution in [2.24, 2.45) is 0 Å². The number of hydrogen-bond donors (Lipinski definition) is 4. The van der Waals surface area contributed by atoms with E-state index in [1.807, 2.05) is 102 Å². The number of hydrogen-bond acceptors (Lipinski definition) is 12. The Hall–Kier alpha value is -9.20. The zero-order chi connectivity index (χ0) is 49.9. The highest BCUT2D eigenvalue weighted by atomic mass is 16.5. The van der Waals surface area contributed by atoms with Gasteiger partial charge in [-0.3, -0.25) is 23.1 Å². The van der Waals surface area contributed by atoms with Crippen molar-refractivity contribution in [1.82, 2.24) is 38.5 Å². The van der Waals surface area contributed by atoms with E-state index in [-0.39, 0.29) is 41.6 Å². The molecule has 8 aromatic rings. The van der Waals surface area contributed by atoms with E-state index in [2.05, 4.69) is 20.1 Å². The lowest BCUT2D eigenvalue weighted by Crippen LogP contribution is -2.42. The number of carbonyl (C=O) groups is 2. The number of para-hydroxylation sites is 2. The van der Waals surface area contributed by atoms with Gasteiger partial charge >= 0.3 is 23.9 Å². The number of nitrogens with zero attached hydrogens (tertiary/aromatic N) is 9. The van der Waals surface area contributed by atoms with Gasteiger partial charge in [-0.05, 0) is 117 Å². The number of nitrogen functional groups attached to an aromatic ring is 2. The lowest BCUT2D eigenvalue weighted by atomic mass is 10.0. The summed E-state index contributed by atoms with van der Waals surface area (Å²) in [6, 6.07) is 39.1. The third-order valence-electron chi connectivity index (χ3n) is 12.0. The number of fused-ring (bicyclic) bond motifs is 2. The predicted octanol–water partition coefficient (Wildman–Crippen LogP) is 7.12. The molecule has 0 unspecified atom stereocenters. The highest BCUT2D eigenvalue weighted by molar-refractivity contribution is 5.88. The number of ether oxygens (including phenoxy) is 2. The molecule has 6 heterocycles. The van der Waals surface area contributed by atoms with Crippen LogP contribution in [0, 0.1) is 17.9 Å². The van der Waals surface area contributed by atoms with E-state index in [1.54, 1.807) is 61.3 Å². The van der Waals surface area contributed by atoms with Gasteiger partial charge in [0.25, 0.3) is 0 Å². The van der Waals surface area contributed by atoms with E-state index in [9.17, 15) is 19.2 Å². The molecule has 2 aliphatic rings.